The first-order chi connectivity index (χ1) is 9.15. The minimum atomic E-state index is 0.216. The SMILES string of the molecule is CC1=CN(CCc2c[nH]c3c(C)cccc23)C(=O)C1. The number of carbonyl (C=O) groups excluding carboxylic acids is 1. The van der Waals surface area contributed by atoms with E-state index in [1.807, 2.05) is 18.0 Å². The van der Waals surface area contributed by atoms with Crippen LogP contribution in [0.25, 0.3) is 10.9 Å². The number of nitrogens with one attached hydrogen (secondary N) is 1. The molecule has 3 nitrogen and oxygen atoms in total. The van der Waals surface area contributed by atoms with Crippen molar-refractivity contribution in [1.82, 2.24) is 9.88 Å². The Hall–Kier alpha value is -2.03. The summed E-state index contributed by atoms with van der Waals surface area (Å²) in [6.45, 7) is 4.88. The summed E-state index contributed by atoms with van der Waals surface area (Å²) in [6.07, 6.45) is 5.50. The number of carbonyl (C=O) groups is 1. The third kappa shape index (κ3) is 2.16. The Bertz CT molecular complexity index is 666. The lowest BCUT2D eigenvalue weighted by Gasteiger charge is -2.12. The highest BCUT2D eigenvalue weighted by atomic mass is 16.2. The summed E-state index contributed by atoms with van der Waals surface area (Å²) in [6, 6.07) is 6.33. The number of fused-ring (bicyclic) bond motifs is 1. The Morgan fingerprint density at radius 3 is 2.89 bits per heavy atom. The Morgan fingerprint density at radius 1 is 1.32 bits per heavy atom. The molecule has 0 saturated heterocycles. The number of rotatable bonds is 3. The van der Waals surface area contributed by atoms with Crippen LogP contribution in [0.5, 0.6) is 0 Å². The van der Waals surface area contributed by atoms with Crippen LogP contribution in [0.4, 0.5) is 0 Å². The Balaban J connectivity index is 1.79. The van der Waals surface area contributed by atoms with Gasteiger partial charge in [-0.3, -0.25) is 4.79 Å². The average molecular weight is 254 g/mol. The molecule has 1 amide bonds. The van der Waals surface area contributed by atoms with Crippen molar-refractivity contribution >= 4 is 16.8 Å². The molecule has 0 radical (unpaired) electrons. The van der Waals surface area contributed by atoms with Crippen molar-refractivity contribution in [1.29, 1.82) is 0 Å². The predicted molar refractivity (Wildman–Crippen MR) is 76.8 cm³/mol. The summed E-state index contributed by atoms with van der Waals surface area (Å²) in [5.74, 6) is 0.216. The van der Waals surface area contributed by atoms with E-state index in [9.17, 15) is 4.79 Å². The van der Waals surface area contributed by atoms with Gasteiger partial charge in [0.1, 0.15) is 0 Å². The molecule has 0 aliphatic carbocycles. The molecule has 1 N–H and O–H groups in total. The van der Waals surface area contributed by atoms with Gasteiger partial charge < -0.3 is 9.88 Å². The molecular formula is C16H18N2O. The zero-order chi connectivity index (χ0) is 13.4. The maximum Gasteiger partial charge on any atom is 0.230 e. The van der Waals surface area contributed by atoms with Crippen molar-refractivity contribution in [3.8, 4) is 0 Å². The lowest BCUT2D eigenvalue weighted by atomic mass is 10.1. The molecule has 2 heterocycles. The summed E-state index contributed by atoms with van der Waals surface area (Å²) in [4.78, 5) is 16.9. The van der Waals surface area contributed by atoms with Crippen LogP contribution in [0, 0.1) is 6.92 Å². The molecule has 0 spiro atoms. The summed E-state index contributed by atoms with van der Waals surface area (Å²) in [5.41, 5.74) is 4.90. The monoisotopic (exact) mass is 254 g/mol. The molecule has 0 atom stereocenters. The second-order valence-corrected chi connectivity index (χ2v) is 5.30. The minimum absolute atomic E-state index is 0.216. The van der Waals surface area contributed by atoms with Gasteiger partial charge in [0.2, 0.25) is 5.91 Å². The topological polar surface area (TPSA) is 36.1 Å². The van der Waals surface area contributed by atoms with Crippen molar-refractivity contribution in [2.45, 2.75) is 26.7 Å². The molecule has 1 aromatic heterocycles. The highest BCUT2D eigenvalue weighted by Gasteiger charge is 2.18. The molecule has 1 aliphatic rings. The molecule has 0 fully saturated rings. The van der Waals surface area contributed by atoms with Gasteiger partial charge >= 0.3 is 0 Å². The number of para-hydroxylation sites is 1. The minimum Gasteiger partial charge on any atom is -0.361 e. The standard InChI is InChI=1S/C16H18N2O/c1-11-8-15(19)18(10-11)7-6-13-9-17-16-12(2)4-3-5-14(13)16/h3-5,9-10,17H,6-8H2,1-2H3. The number of benzene rings is 1. The number of nitrogens with zero attached hydrogens (tertiary/aromatic N) is 1. The zero-order valence-electron chi connectivity index (χ0n) is 11.4. The molecule has 0 bridgehead atoms. The maximum absolute atomic E-state index is 11.7. The third-order valence-corrected chi connectivity index (χ3v) is 3.76. The van der Waals surface area contributed by atoms with E-state index in [2.05, 4.69) is 36.3 Å². The molecule has 3 rings (SSSR count). The number of amides is 1. The quantitative estimate of drug-likeness (QED) is 0.897. The Labute approximate surface area is 112 Å². The van der Waals surface area contributed by atoms with Crippen LogP contribution in [-0.2, 0) is 11.2 Å². The van der Waals surface area contributed by atoms with E-state index in [1.54, 1.807) is 0 Å². The summed E-state index contributed by atoms with van der Waals surface area (Å²) >= 11 is 0. The van der Waals surface area contributed by atoms with Crippen molar-refractivity contribution in [2.24, 2.45) is 0 Å². The number of aromatic nitrogens is 1. The van der Waals surface area contributed by atoms with Crippen molar-refractivity contribution in [3.05, 3.63) is 47.3 Å². The molecule has 3 heteroatoms. The van der Waals surface area contributed by atoms with Crippen LogP contribution in [0.3, 0.4) is 0 Å². The molecular weight excluding hydrogens is 236 g/mol. The van der Waals surface area contributed by atoms with Crippen LogP contribution in [0.2, 0.25) is 0 Å². The number of hydrogen-bond acceptors (Lipinski definition) is 1. The van der Waals surface area contributed by atoms with E-state index in [-0.39, 0.29) is 5.91 Å². The van der Waals surface area contributed by atoms with Gasteiger partial charge in [0, 0.05) is 36.3 Å². The van der Waals surface area contributed by atoms with Gasteiger partial charge in [0.05, 0.1) is 0 Å². The largest absolute Gasteiger partial charge is 0.361 e. The van der Waals surface area contributed by atoms with Crippen LogP contribution in [0.15, 0.2) is 36.2 Å². The van der Waals surface area contributed by atoms with Crippen LogP contribution >= 0.6 is 0 Å². The Kier molecular flexibility index (Phi) is 2.90. The van der Waals surface area contributed by atoms with Gasteiger partial charge in [-0.25, -0.2) is 0 Å². The molecule has 1 aromatic carbocycles. The number of aryl methyl sites for hydroxylation is 1. The lowest BCUT2D eigenvalue weighted by molar-refractivity contribution is -0.126. The fourth-order valence-electron chi connectivity index (χ4n) is 2.72. The van der Waals surface area contributed by atoms with E-state index in [0.29, 0.717) is 6.42 Å². The zero-order valence-corrected chi connectivity index (χ0v) is 11.4. The van der Waals surface area contributed by atoms with Crippen molar-refractivity contribution < 1.29 is 4.79 Å². The second kappa shape index (κ2) is 4.57. The number of aromatic amines is 1. The fourth-order valence-corrected chi connectivity index (χ4v) is 2.72. The smallest absolute Gasteiger partial charge is 0.230 e. The molecule has 2 aromatic rings. The normalized spacial score (nSPS) is 15.4. The number of hydrogen-bond donors (Lipinski definition) is 1. The predicted octanol–water partition coefficient (Wildman–Crippen LogP) is 3.15. The van der Waals surface area contributed by atoms with Gasteiger partial charge in [0.15, 0.2) is 0 Å². The number of H-pyrrole nitrogens is 1. The average Bonchev–Trinajstić information content (AvgIpc) is 2.91. The van der Waals surface area contributed by atoms with Crippen molar-refractivity contribution in [2.75, 3.05) is 6.54 Å². The molecule has 0 unspecified atom stereocenters. The third-order valence-electron chi connectivity index (χ3n) is 3.76. The highest BCUT2D eigenvalue weighted by molar-refractivity contribution is 5.86. The molecule has 0 saturated carbocycles. The highest BCUT2D eigenvalue weighted by Crippen LogP contribution is 2.22. The molecule has 1 aliphatic heterocycles. The van der Waals surface area contributed by atoms with Gasteiger partial charge in [0.25, 0.3) is 0 Å². The van der Waals surface area contributed by atoms with E-state index in [4.69, 9.17) is 0 Å². The van der Waals surface area contributed by atoms with Gasteiger partial charge in [-0.05, 0) is 37.0 Å². The maximum atomic E-state index is 11.7. The first-order valence-electron chi connectivity index (χ1n) is 6.67. The molecule has 98 valence electrons. The van der Waals surface area contributed by atoms with E-state index < -0.39 is 0 Å². The fraction of sp³-hybridized carbons (Fsp3) is 0.312. The van der Waals surface area contributed by atoms with Gasteiger partial charge in [-0.15, -0.1) is 0 Å². The van der Waals surface area contributed by atoms with Crippen LogP contribution < -0.4 is 0 Å². The van der Waals surface area contributed by atoms with E-state index in [0.717, 1.165) is 18.5 Å². The first kappa shape index (κ1) is 12.0. The first-order valence-corrected chi connectivity index (χ1v) is 6.67. The Morgan fingerprint density at radius 2 is 2.16 bits per heavy atom. The van der Waals surface area contributed by atoms with Gasteiger partial charge in [-0.1, -0.05) is 18.2 Å². The summed E-state index contributed by atoms with van der Waals surface area (Å²) in [5, 5.41) is 1.27. The van der Waals surface area contributed by atoms with Gasteiger partial charge in [-0.2, -0.15) is 0 Å². The van der Waals surface area contributed by atoms with Crippen molar-refractivity contribution in [3.63, 3.8) is 0 Å². The second-order valence-electron chi connectivity index (χ2n) is 5.30. The van der Waals surface area contributed by atoms with Crippen LogP contribution in [-0.4, -0.2) is 22.3 Å². The molecule has 19 heavy (non-hydrogen) atoms. The lowest BCUT2D eigenvalue weighted by Crippen LogP contribution is -2.23. The summed E-state index contributed by atoms with van der Waals surface area (Å²) < 4.78 is 0. The van der Waals surface area contributed by atoms with Crippen LogP contribution in [0.1, 0.15) is 24.5 Å². The van der Waals surface area contributed by atoms with E-state index in [1.165, 1.54) is 22.0 Å². The summed E-state index contributed by atoms with van der Waals surface area (Å²) in [7, 11) is 0. The van der Waals surface area contributed by atoms with E-state index >= 15 is 0 Å².